The normalized spacial score (nSPS) is 13.4. The van der Waals surface area contributed by atoms with Gasteiger partial charge in [-0.2, -0.15) is 0 Å². The Labute approximate surface area is 45.2 Å². The molecule has 0 aromatic carbocycles. The summed E-state index contributed by atoms with van der Waals surface area (Å²) < 4.78 is 0. The summed E-state index contributed by atoms with van der Waals surface area (Å²) in [7, 11) is 0. The molecule has 0 saturated carbocycles. The van der Waals surface area contributed by atoms with Crippen molar-refractivity contribution in [3.63, 3.8) is 0 Å². The molecular formula is C6H12N. The van der Waals surface area contributed by atoms with Gasteiger partial charge in [-0.05, 0) is 12.8 Å². The Morgan fingerprint density at radius 1 is 1.86 bits per heavy atom. The van der Waals surface area contributed by atoms with E-state index in [1.54, 1.807) is 0 Å². The molecule has 0 aromatic rings. The van der Waals surface area contributed by atoms with Crippen molar-refractivity contribution in [2.45, 2.75) is 25.8 Å². The van der Waals surface area contributed by atoms with Crippen molar-refractivity contribution in [3.8, 4) is 0 Å². The molecule has 0 aliphatic heterocycles. The summed E-state index contributed by atoms with van der Waals surface area (Å²) in [4.78, 5) is 0. The Morgan fingerprint density at radius 2 is 2.43 bits per heavy atom. The zero-order valence-electron chi connectivity index (χ0n) is 4.78. The first-order valence-electron chi connectivity index (χ1n) is 2.56. The van der Waals surface area contributed by atoms with E-state index < -0.39 is 0 Å². The average Bonchev–Trinajstić information content (AvgIpc) is 1.68. The van der Waals surface area contributed by atoms with Gasteiger partial charge in [0.2, 0.25) is 0 Å². The maximum atomic E-state index is 5.48. The van der Waals surface area contributed by atoms with Gasteiger partial charge in [0.1, 0.15) is 0 Å². The van der Waals surface area contributed by atoms with Gasteiger partial charge in [-0.15, -0.1) is 0 Å². The summed E-state index contributed by atoms with van der Waals surface area (Å²) in [5.41, 5.74) is 5.48. The standard InChI is InChI=1S/C6H12N/c1-3-5-6(7)4-2/h6H,1,4-5,7H2,2H3. The average molecular weight is 98.2 g/mol. The molecule has 0 amide bonds. The summed E-state index contributed by atoms with van der Waals surface area (Å²) in [5, 5.41) is 0. The number of rotatable bonds is 3. The SMILES string of the molecule is C=[C]CC(N)CC. The van der Waals surface area contributed by atoms with Gasteiger partial charge in [0.25, 0.3) is 0 Å². The van der Waals surface area contributed by atoms with Gasteiger partial charge in [-0.25, -0.2) is 0 Å². The maximum Gasteiger partial charge on any atom is 0.00765 e. The van der Waals surface area contributed by atoms with Crippen molar-refractivity contribution in [2.24, 2.45) is 5.73 Å². The highest BCUT2D eigenvalue weighted by Gasteiger charge is 1.91. The molecule has 0 fully saturated rings. The predicted molar refractivity (Wildman–Crippen MR) is 31.8 cm³/mol. The summed E-state index contributed by atoms with van der Waals surface area (Å²) in [6, 6.07) is 0.275. The van der Waals surface area contributed by atoms with Crippen LogP contribution in [0.5, 0.6) is 0 Å². The second kappa shape index (κ2) is 3.88. The molecule has 0 bridgehead atoms. The summed E-state index contributed by atoms with van der Waals surface area (Å²) >= 11 is 0. The Hall–Kier alpha value is -0.300. The van der Waals surface area contributed by atoms with E-state index in [1.807, 2.05) is 0 Å². The topological polar surface area (TPSA) is 26.0 Å². The first-order chi connectivity index (χ1) is 3.31. The molecule has 0 aliphatic rings. The van der Waals surface area contributed by atoms with E-state index in [-0.39, 0.29) is 6.04 Å². The van der Waals surface area contributed by atoms with Crippen LogP contribution < -0.4 is 5.73 Å². The first-order valence-corrected chi connectivity index (χ1v) is 2.56. The molecule has 1 nitrogen and oxygen atoms in total. The van der Waals surface area contributed by atoms with Crippen molar-refractivity contribution in [2.75, 3.05) is 0 Å². The van der Waals surface area contributed by atoms with Gasteiger partial charge in [0.05, 0.1) is 0 Å². The lowest BCUT2D eigenvalue weighted by Gasteiger charge is -2.00. The molecule has 0 heterocycles. The molecule has 0 saturated heterocycles. The maximum absolute atomic E-state index is 5.48. The fourth-order valence-corrected chi connectivity index (χ4v) is 0.330. The van der Waals surface area contributed by atoms with E-state index in [0.717, 1.165) is 12.8 Å². The highest BCUT2D eigenvalue weighted by atomic mass is 14.6. The van der Waals surface area contributed by atoms with Crippen LogP contribution in [0.1, 0.15) is 19.8 Å². The lowest BCUT2D eigenvalue weighted by molar-refractivity contribution is 0.653. The fourth-order valence-electron chi connectivity index (χ4n) is 0.330. The predicted octanol–water partition coefficient (Wildman–Crippen LogP) is 1.10. The largest absolute Gasteiger partial charge is 0.327 e. The fraction of sp³-hybridized carbons (Fsp3) is 0.667. The molecule has 0 aromatic heterocycles. The molecular weight excluding hydrogens is 86.1 g/mol. The molecule has 7 heavy (non-hydrogen) atoms. The second-order valence-electron chi connectivity index (χ2n) is 1.62. The minimum absolute atomic E-state index is 0.275. The van der Waals surface area contributed by atoms with E-state index in [2.05, 4.69) is 19.6 Å². The first kappa shape index (κ1) is 6.70. The zero-order chi connectivity index (χ0) is 5.70. The molecule has 0 spiro atoms. The van der Waals surface area contributed by atoms with Crippen LogP contribution in [-0.2, 0) is 0 Å². The third kappa shape index (κ3) is 3.53. The van der Waals surface area contributed by atoms with Crippen molar-refractivity contribution in [1.29, 1.82) is 0 Å². The van der Waals surface area contributed by atoms with Crippen molar-refractivity contribution < 1.29 is 0 Å². The molecule has 1 heteroatoms. The lowest BCUT2D eigenvalue weighted by Crippen LogP contribution is -2.16. The minimum atomic E-state index is 0.275. The van der Waals surface area contributed by atoms with E-state index >= 15 is 0 Å². The summed E-state index contributed by atoms with van der Waals surface area (Å²) in [6.07, 6.45) is 4.58. The van der Waals surface area contributed by atoms with Gasteiger partial charge >= 0.3 is 0 Å². The third-order valence-electron chi connectivity index (χ3n) is 0.931. The Balaban J connectivity index is 2.98. The Morgan fingerprint density at radius 3 is 2.57 bits per heavy atom. The molecule has 1 radical (unpaired) electrons. The van der Waals surface area contributed by atoms with E-state index in [0.29, 0.717) is 0 Å². The number of hydrogen-bond donors (Lipinski definition) is 1. The van der Waals surface area contributed by atoms with E-state index in [4.69, 9.17) is 5.73 Å². The van der Waals surface area contributed by atoms with Gasteiger partial charge in [-0.3, -0.25) is 0 Å². The van der Waals surface area contributed by atoms with Crippen LogP contribution in [0.3, 0.4) is 0 Å². The lowest BCUT2D eigenvalue weighted by atomic mass is 10.2. The molecule has 1 unspecified atom stereocenters. The van der Waals surface area contributed by atoms with Crippen LogP contribution >= 0.6 is 0 Å². The smallest absolute Gasteiger partial charge is 0.00765 e. The van der Waals surface area contributed by atoms with Crippen LogP contribution in [-0.4, -0.2) is 6.04 Å². The summed E-state index contributed by atoms with van der Waals surface area (Å²) in [6.45, 7) is 5.50. The quantitative estimate of drug-likeness (QED) is 0.562. The molecule has 2 N–H and O–H groups in total. The van der Waals surface area contributed by atoms with Crippen LogP contribution in [0.2, 0.25) is 0 Å². The van der Waals surface area contributed by atoms with Crippen LogP contribution in [0.25, 0.3) is 0 Å². The summed E-state index contributed by atoms with van der Waals surface area (Å²) in [5.74, 6) is 0. The third-order valence-corrected chi connectivity index (χ3v) is 0.931. The highest BCUT2D eigenvalue weighted by molar-refractivity contribution is 4.65. The Kier molecular flexibility index (Phi) is 3.71. The molecule has 1 atom stereocenters. The molecule has 41 valence electrons. The van der Waals surface area contributed by atoms with E-state index in [9.17, 15) is 0 Å². The van der Waals surface area contributed by atoms with E-state index in [1.165, 1.54) is 0 Å². The van der Waals surface area contributed by atoms with Crippen LogP contribution in [0.4, 0.5) is 0 Å². The van der Waals surface area contributed by atoms with Crippen molar-refractivity contribution >= 4 is 0 Å². The Bertz CT molecular complexity index is 50.1. The molecule has 0 rings (SSSR count). The highest BCUT2D eigenvalue weighted by Crippen LogP contribution is 1.90. The number of nitrogens with two attached hydrogens (primary N) is 1. The van der Waals surface area contributed by atoms with Crippen LogP contribution in [0, 0.1) is 6.08 Å². The minimum Gasteiger partial charge on any atom is -0.327 e. The molecule has 0 aliphatic carbocycles. The van der Waals surface area contributed by atoms with Crippen molar-refractivity contribution in [1.82, 2.24) is 0 Å². The van der Waals surface area contributed by atoms with Crippen LogP contribution in [0.15, 0.2) is 6.58 Å². The number of hydrogen-bond acceptors (Lipinski definition) is 1. The zero-order valence-corrected chi connectivity index (χ0v) is 4.78. The van der Waals surface area contributed by atoms with Gasteiger partial charge < -0.3 is 5.73 Å². The van der Waals surface area contributed by atoms with Gasteiger partial charge in [0, 0.05) is 6.04 Å². The van der Waals surface area contributed by atoms with Gasteiger partial charge in [0.15, 0.2) is 0 Å². The van der Waals surface area contributed by atoms with Crippen molar-refractivity contribution in [3.05, 3.63) is 12.7 Å². The monoisotopic (exact) mass is 98.1 g/mol. The van der Waals surface area contributed by atoms with Gasteiger partial charge in [-0.1, -0.05) is 19.6 Å². The second-order valence-corrected chi connectivity index (χ2v) is 1.62.